The Kier molecular flexibility index (Phi) is 4.05. The lowest BCUT2D eigenvalue weighted by molar-refractivity contribution is -0.142. The van der Waals surface area contributed by atoms with E-state index in [4.69, 9.17) is 0 Å². The van der Waals surface area contributed by atoms with Crippen molar-refractivity contribution in [1.82, 2.24) is 9.88 Å². The molecular weight excluding hydrogens is 346 g/mol. The summed E-state index contributed by atoms with van der Waals surface area (Å²) < 4.78 is 29.6. The smallest absolute Gasteiger partial charge is 0.387 e. The number of rotatable bonds is 4. The van der Waals surface area contributed by atoms with Crippen LogP contribution < -0.4 is 4.74 Å². The Labute approximate surface area is 147 Å². The zero-order chi connectivity index (χ0) is 18.4. The van der Waals surface area contributed by atoms with Crippen LogP contribution in [-0.2, 0) is 4.79 Å². The highest BCUT2D eigenvalue weighted by atomic mass is 19.3. The van der Waals surface area contributed by atoms with Gasteiger partial charge in [-0.15, -0.1) is 0 Å². The zero-order valence-corrected chi connectivity index (χ0v) is 13.8. The molecule has 0 spiro atoms. The van der Waals surface area contributed by atoms with Crippen LogP contribution in [0, 0.1) is 11.8 Å². The van der Waals surface area contributed by atoms with Gasteiger partial charge in [-0.05, 0) is 42.9 Å². The number of alkyl halides is 2. The van der Waals surface area contributed by atoms with Gasteiger partial charge in [-0.2, -0.15) is 8.78 Å². The zero-order valence-electron chi connectivity index (χ0n) is 13.8. The largest absolute Gasteiger partial charge is 0.480 e. The summed E-state index contributed by atoms with van der Waals surface area (Å²) >= 11 is 0. The second kappa shape index (κ2) is 6.26. The molecule has 1 aromatic heterocycles. The number of hydrogen-bond donors (Lipinski definition) is 2. The number of carboxylic acids is 1. The molecule has 2 heterocycles. The van der Waals surface area contributed by atoms with E-state index in [1.54, 1.807) is 12.1 Å². The lowest BCUT2D eigenvalue weighted by Gasteiger charge is -2.23. The van der Waals surface area contributed by atoms with Crippen molar-refractivity contribution < 1.29 is 28.2 Å². The molecule has 8 heteroatoms. The molecule has 2 aromatic rings. The van der Waals surface area contributed by atoms with E-state index >= 15 is 0 Å². The minimum Gasteiger partial charge on any atom is -0.480 e. The van der Waals surface area contributed by atoms with E-state index in [1.165, 1.54) is 17.0 Å². The fraction of sp³-hybridized carbons (Fsp3) is 0.444. The first kappa shape index (κ1) is 16.8. The van der Waals surface area contributed by atoms with Crippen LogP contribution in [-0.4, -0.2) is 46.1 Å². The van der Waals surface area contributed by atoms with Gasteiger partial charge in [0.05, 0.1) is 0 Å². The molecule has 6 nitrogen and oxygen atoms in total. The standard InChI is InChI=1S/C18H18F2N2O4/c19-18(20)26-14-6-2-5-12-11(14)7-13(21-12)16(23)22-8-9-3-1-4-10(9)15(22)17(24)25/h2,5-7,9-10,15,18,21H,1,3-4,8H2,(H,24,25)/t9?,10?,15-/m0/s1. The number of fused-ring (bicyclic) bond motifs is 2. The molecule has 1 amide bonds. The number of likely N-dealkylation sites (tertiary alicyclic amines) is 1. The van der Waals surface area contributed by atoms with Gasteiger partial charge in [0, 0.05) is 17.4 Å². The minimum atomic E-state index is -2.97. The lowest BCUT2D eigenvalue weighted by atomic mass is 9.94. The van der Waals surface area contributed by atoms with Gasteiger partial charge in [-0.3, -0.25) is 4.79 Å². The van der Waals surface area contributed by atoms with E-state index in [0.29, 0.717) is 17.4 Å². The average molecular weight is 364 g/mol. The first-order valence-corrected chi connectivity index (χ1v) is 8.56. The van der Waals surface area contributed by atoms with Gasteiger partial charge in [0.1, 0.15) is 17.5 Å². The molecule has 2 fully saturated rings. The molecule has 0 bridgehead atoms. The van der Waals surface area contributed by atoms with E-state index in [0.717, 1.165) is 19.3 Å². The van der Waals surface area contributed by atoms with Crippen LogP contribution >= 0.6 is 0 Å². The van der Waals surface area contributed by atoms with Crippen LogP contribution in [0.15, 0.2) is 24.3 Å². The highest BCUT2D eigenvalue weighted by Gasteiger charge is 2.49. The molecule has 2 aliphatic rings. The number of halogens is 2. The maximum Gasteiger partial charge on any atom is 0.387 e. The van der Waals surface area contributed by atoms with Crippen LogP contribution in [0.1, 0.15) is 29.8 Å². The summed E-state index contributed by atoms with van der Waals surface area (Å²) in [6.07, 6.45) is 2.73. The molecule has 138 valence electrons. The highest BCUT2D eigenvalue weighted by Crippen LogP contribution is 2.43. The monoisotopic (exact) mass is 364 g/mol. The quantitative estimate of drug-likeness (QED) is 0.873. The van der Waals surface area contributed by atoms with Crippen molar-refractivity contribution in [2.24, 2.45) is 11.8 Å². The normalized spacial score (nSPS) is 25.0. The Bertz CT molecular complexity index is 866. The number of amides is 1. The van der Waals surface area contributed by atoms with E-state index in [2.05, 4.69) is 9.72 Å². The van der Waals surface area contributed by atoms with E-state index in [9.17, 15) is 23.5 Å². The molecule has 1 saturated carbocycles. The average Bonchev–Trinajstić information content (AvgIpc) is 3.26. The molecular formula is C18H18F2N2O4. The van der Waals surface area contributed by atoms with Crippen molar-refractivity contribution >= 4 is 22.8 Å². The predicted octanol–water partition coefficient (Wildman–Crippen LogP) is 3.09. The number of aliphatic carboxylic acids is 1. The van der Waals surface area contributed by atoms with Gasteiger partial charge in [-0.25, -0.2) is 4.79 Å². The van der Waals surface area contributed by atoms with Gasteiger partial charge >= 0.3 is 12.6 Å². The highest BCUT2D eigenvalue weighted by molar-refractivity contribution is 6.01. The number of aromatic amines is 1. The van der Waals surface area contributed by atoms with Crippen LogP contribution in [0.3, 0.4) is 0 Å². The number of nitrogens with zero attached hydrogens (tertiary/aromatic N) is 1. The molecule has 2 N–H and O–H groups in total. The van der Waals surface area contributed by atoms with Gasteiger partial charge < -0.3 is 19.7 Å². The lowest BCUT2D eigenvalue weighted by Crippen LogP contribution is -2.43. The molecule has 0 radical (unpaired) electrons. The van der Waals surface area contributed by atoms with Gasteiger partial charge in [0.15, 0.2) is 0 Å². The van der Waals surface area contributed by atoms with Crippen molar-refractivity contribution in [2.75, 3.05) is 6.54 Å². The predicted molar refractivity (Wildman–Crippen MR) is 88.2 cm³/mol. The molecule has 4 rings (SSSR count). The molecule has 1 saturated heterocycles. The number of benzene rings is 1. The van der Waals surface area contributed by atoms with Crippen molar-refractivity contribution in [3.8, 4) is 5.75 Å². The van der Waals surface area contributed by atoms with Gasteiger partial charge in [-0.1, -0.05) is 12.5 Å². The maximum atomic E-state index is 12.9. The molecule has 2 unspecified atom stereocenters. The second-order valence-corrected chi connectivity index (χ2v) is 6.87. The van der Waals surface area contributed by atoms with Crippen molar-refractivity contribution in [1.29, 1.82) is 0 Å². The first-order chi connectivity index (χ1) is 12.5. The van der Waals surface area contributed by atoms with Crippen molar-refractivity contribution in [3.63, 3.8) is 0 Å². The number of ether oxygens (including phenoxy) is 1. The summed E-state index contributed by atoms with van der Waals surface area (Å²) in [6, 6.07) is 5.21. The van der Waals surface area contributed by atoms with Gasteiger partial charge in [0.2, 0.25) is 0 Å². The number of nitrogens with one attached hydrogen (secondary N) is 1. The SMILES string of the molecule is O=C(O)[C@@H]1C2CCCC2CN1C(=O)c1cc2c(OC(F)F)cccc2[nH]1. The maximum absolute atomic E-state index is 12.9. The third kappa shape index (κ3) is 2.69. The Balaban J connectivity index is 1.67. The van der Waals surface area contributed by atoms with Gasteiger partial charge in [0.25, 0.3) is 5.91 Å². The summed E-state index contributed by atoms with van der Waals surface area (Å²) in [5.74, 6) is -1.25. The first-order valence-electron chi connectivity index (χ1n) is 8.56. The van der Waals surface area contributed by atoms with Crippen molar-refractivity contribution in [3.05, 3.63) is 30.0 Å². The molecule has 1 aliphatic carbocycles. The summed E-state index contributed by atoms with van der Waals surface area (Å²) in [4.78, 5) is 29.0. The van der Waals surface area contributed by atoms with Crippen LogP contribution in [0.5, 0.6) is 5.75 Å². The summed E-state index contributed by atoms with van der Waals surface area (Å²) in [6.45, 7) is -2.56. The summed E-state index contributed by atoms with van der Waals surface area (Å²) in [7, 11) is 0. The number of carbonyl (C=O) groups excluding carboxylic acids is 1. The Morgan fingerprint density at radius 3 is 2.85 bits per heavy atom. The van der Waals surface area contributed by atoms with E-state index in [1.807, 2.05) is 0 Å². The third-order valence-electron chi connectivity index (χ3n) is 5.47. The Morgan fingerprint density at radius 2 is 2.12 bits per heavy atom. The topological polar surface area (TPSA) is 82.6 Å². The molecule has 26 heavy (non-hydrogen) atoms. The number of aromatic nitrogens is 1. The second-order valence-electron chi connectivity index (χ2n) is 6.87. The number of carbonyl (C=O) groups is 2. The van der Waals surface area contributed by atoms with Crippen molar-refractivity contribution in [2.45, 2.75) is 31.9 Å². The fourth-order valence-corrected chi connectivity index (χ4v) is 4.43. The number of hydrogen-bond acceptors (Lipinski definition) is 3. The van der Waals surface area contributed by atoms with E-state index < -0.39 is 24.5 Å². The molecule has 1 aromatic carbocycles. The number of carboxylic acid groups (broad SMARTS) is 1. The number of H-pyrrole nitrogens is 1. The molecule has 1 aliphatic heterocycles. The van der Waals surface area contributed by atoms with Crippen LogP contribution in [0.2, 0.25) is 0 Å². The Morgan fingerprint density at radius 1 is 1.31 bits per heavy atom. The summed E-state index contributed by atoms with van der Waals surface area (Å²) in [5, 5.41) is 9.97. The minimum absolute atomic E-state index is 0.0152. The molecule has 3 atom stereocenters. The van der Waals surface area contributed by atoms with Crippen LogP contribution in [0.25, 0.3) is 10.9 Å². The van der Waals surface area contributed by atoms with Crippen LogP contribution in [0.4, 0.5) is 8.78 Å². The third-order valence-corrected chi connectivity index (χ3v) is 5.47. The summed E-state index contributed by atoms with van der Waals surface area (Å²) in [5.41, 5.74) is 0.661. The van der Waals surface area contributed by atoms with E-state index in [-0.39, 0.29) is 23.3 Å². The Hall–Kier alpha value is -2.64. The fourth-order valence-electron chi connectivity index (χ4n) is 4.43.